The molecule has 1 aliphatic rings. The number of rotatable bonds is 5. The van der Waals surface area contributed by atoms with Gasteiger partial charge in [0.05, 0.1) is 7.11 Å². The third kappa shape index (κ3) is 2.94. The number of methoxy groups -OCH3 is 1. The van der Waals surface area contributed by atoms with Crippen LogP contribution in [0.3, 0.4) is 0 Å². The van der Waals surface area contributed by atoms with Gasteiger partial charge in [-0.15, -0.1) is 0 Å². The van der Waals surface area contributed by atoms with Crippen molar-refractivity contribution in [2.24, 2.45) is 5.92 Å². The lowest BCUT2D eigenvalue weighted by atomic mass is 10.00. The third-order valence-corrected chi connectivity index (χ3v) is 8.88. The first-order valence-electron chi connectivity index (χ1n) is 8.38. The fraction of sp³-hybridized carbons (Fsp3) is 0.500. The molecule has 1 aromatic rings. The first-order chi connectivity index (χ1) is 10.3. The van der Waals surface area contributed by atoms with E-state index >= 15 is 0 Å². The molecule has 0 heterocycles. The highest BCUT2D eigenvalue weighted by molar-refractivity contribution is 6.96. The molecule has 0 saturated carbocycles. The lowest BCUT2D eigenvalue weighted by Crippen LogP contribution is -2.45. The minimum Gasteiger partial charge on any atom is -0.497 e. The van der Waals surface area contributed by atoms with Crippen molar-refractivity contribution in [3.8, 4) is 5.75 Å². The van der Waals surface area contributed by atoms with E-state index in [2.05, 4.69) is 65.1 Å². The summed E-state index contributed by atoms with van der Waals surface area (Å²) in [5, 5.41) is 3.14. The molecule has 0 fully saturated rings. The smallest absolute Gasteiger partial charge is 0.121 e. The van der Waals surface area contributed by atoms with Crippen LogP contribution in [0.25, 0.3) is 0 Å². The van der Waals surface area contributed by atoms with Crippen molar-refractivity contribution in [3.63, 3.8) is 0 Å². The number of aryl methyl sites for hydroxylation is 2. The zero-order valence-corrected chi connectivity index (χ0v) is 16.2. The maximum Gasteiger partial charge on any atom is 0.121 e. The molecule has 0 aliphatic heterocycles. The van der Waals surface area contributed by atoms with E-state index in [0.717, 1.165) is 12.2 Å². The minimum absolute atomic E-state index is 0.650. The van der Waals surface area contributed by atoms with Crippen molar-refractivity contribution in [2.75, 3.05) is 7.11 Å². The Bertz CT molecular complexity index is 623. The predicted octanol–water partition coefficient (Wildman–Crippen LogP) is 5.07. The highest BCUT2D eigenvalue weighted by Crippen LogP contribution is 2.35. The lowest BCUT2D eigenvalue weighted by molar-refractivity contribution is 0.414. The van der Waals surface area contributed by atoms with Crippen molar-refractivity contribution >= 4 is 13.3 Å². The molecular weight excluding hydrogens is 284 g/mol. The van der Waals surface area contributed by atoms with Crippen LogP contribution in [0, 0.1) is 19.8 Å². The molecule has 1 atom stereocenters. The van der Waals surface area contributed by atoms with Crippen molar-refractivity contribution in [1.29, 1.82) is 0 Å². The molecule has 2 rings (SSSR count). The molecule has 22 heavy (non-hydrogen) atoms. The molecule has 0 spiro atoms. The number of allylic oxidation sites excluding steroid dienone is 4. The molecule has 0 radical (unpaired) electrons. The first-order valence-corrected chi connectivity index (χ1v) is 11.4. The van der Waals surface area contributed by atoms with Crippen LogP contribution in [0.15, 0.2) is 35.1 Å². The summed E-state index contributed by atoms with van der Waals surface area (Å²) in [7, 11) is 0.0834. The van der Waals surface area contributed by atoms with E-state index in [4.69, 9.17) is 4.74 Å². The van der Waals surface area contributed by atoms with Gasteiger partial charge in [-0.25, -0.2) is 0 Å². The summed E-state index contributed by atoms with van der Waals surface area (Å²) in [6.45, 7) is 14.0. The average molecular weight is 315 g/mol. The molecule has 1 nitrogen and oxygen atoms in total. The molecule has 0 N–H and O–H groups in total. The molecule has 0 amide bonds. The predicted molar refractivity (Wildman–Crippen MR) is 99.8 cm³/mol. The Hall–Kier alpha value is -1.28. The van der Waals surface area contributed by atoms with Crippen LogP contribution in [-0.4, -0.2) is 15.2 Å². The third-order valence-electron chi connectivity index (χ3n) is 5.16. The normalized spacial score (nSPS) is 16.3. The second kappa shape index (κ2) is 6.45. The van der Waals surface area contributed by atoms with Gasteiger partial charge in [-0.2, -0.15) is 0 Å². The van der Waals surface area contributed by atoms with E-state index in [-0.39, 0.29) is 0 Å². The van der Waals surface area contributed by atoms with E-state index in [1.165, 1.54) is 22.7 Å². The molecule has 0 saturated heterocycles. The summed E-state index contributed by atoms with van der Waals surface area (Å²) < 4.78 is 5.79. The lowest BCUT2D eigenvalue weighted by Gasteiger charge is -2.30. The van der Waals surface area contributed by atoms with Crippen LogP contribution in [0.5, 0.6) is 5.75 Å². The van der Waals surface area contributed by atoms with Crippen LogP contribution in [0.1, 0.15) is 37.8 Å². The number of hydrogen-bond acceptors (Lipinski definition) is 1. The highest BCUT2D eigenvalue weighted by Gasteiger charge is 2.35. The second-order valence-corrected chi connectivity index (χ2v) is 11.5. The number of ether oxygens (including phenoxy) is 1. The summed E-state index contributed by atoms with van der Waals surface area (Å²) in [6, 6.07) is 4.58. The quantitative estimate of drug-likeness (QED) is 0.690. The standard InChI is InChI=1S/C20H30OSi/c1-8-15(3)17-10-9-11-18(17)22(6,7)19-13-14(2)12-16(4)20(19)21-5/h9-10,12-13,15H,8,11H2,1-7H3. The van der Waals surface area contributed by atoms with Crippen LogP contribution >= 0.6 is 0 Å². The number of hydrogen-bond donors (Lipinski definition) is 0. The van der Waals surface area contributed by atoms with Gasteiger partial charge in [0.2, 0.25) is 0 Å². The molecule has 1 aliphatic carbocycles. The van der Waals surface area contributed by atoms with E-state index in [0.29, 0.717) is 5.92 Å². The minimum atomic E-state index is -1.72. The SMILES string of the molecule is CCC(C)C1=C([Si](C)(C)c2cc(C)cc(C)c2OC)CC=C1. The summed E-state index contributed by atoms with van der Waals surface area (Å²) in [6.07, 6.45) is 7.04. The molecule has 2 heteroatoms. The highest BCUT2D eigenvalue weighted by atomic mass is 28.3. The number of benzene rings is 1. The van der Waals surface area contributed by atoms with Crippen LogP contribution in [0.4, 0.5) is 0 Å². The Morgan fingerprint density at radius 1 is 1.23 bits per heavy atom. The molecule has 1 unspecified atom stereocenters. The van der Waals surface area contributed by atoms with Gasteiger partial charge in [-0.05, 0) is 48.9 Å². The fourth-order valence-electron chi connectivity index (χ4n) is 3.67. The van der Waals surface area contributed by atoms with E-state index in [1.807, 2.05) is 7.11 Å². The Balaban J connectivity index is 2.60. The molecule has 0 bridgehead atoms. The van der Waals surface area contributed by atoms with Crippen molar-refractivity contribution < 1.29 is 4.74 Å². The van der Waals surface area contributed by atoms with Gasteiger partial charge in [-0.3, -0.25) is 0 Å². The fourth-order valence-corrected chi connectivity index (χ4v) is 7.13. The van der Waals surface area contributed by atoms with E-state index in [1.54, 1.807) is 10.8 Å². The van der Waals surface area contributed by atoms with Crippen molar-refractivity contribution in [2.45, 2.75) is 53.6 Å². The van der Waals surface area contributed by atoms with Crippen molar-refractivity contribution in [3.05, 3.63) is 46.2 Å². The van der Waals surface area contributed by atoms with Gasteiger partial charge >= 0.3 is 0 Å². The van der Waals surface area contributed by atoms with Crippen molar-refractivity contribution in [1.82, 2.24) is 0 Å². The summed E-state index contributed by atoms with van der Waals surface area (Å²) in [5.41, 5.74) is 4.18. The zero-order valence-electron chi connectivity index (χ0n) is 15.2. The Kier molecular flexibility index (Phi) is 5.01. The van der Waals surface area contributed by atoms with Gasteiger partial charge < -0.3 is 4.74 Å². The van der Waals surface area contributed by atoms with Gasteiger partial charge in [0, 0.05) is 0 Å². The zero-order chi connectivity index (χ0) is 16.5. The van der Waals surface area contributed by atoms with Gasteiger partial charge in [0.15, 0.2) is 0 Å². The largest absolute Gasteiger partial charge is 0.497 e. The molecule has 0 aromatic heterocycles. The Morgan fingerprint density at radius 2 is 1.91 bits per heavy atom. The molecule has 1 aromatic carbocycles. The van der Waals surface area contributed by atoms with Gasteiger partial charge in [0.25, 0.3) is 0 Å². The molecule has 120 valence electrons. The van der Waals surface area contributed by atoms with Crippen LogP contribution in [0.2, 0.25) is 13.1 Å². The summed E-state index contributed by atoms with van der Waals surface area (Å²) in [4.78, 5) is 0. The van der Waals surface area contributed by atoms with Gasteiger partial charge in [-0.1, -0.05) is 62.0 Å². The first kappa shape index (κ1) is 17.1. The topological polar surface area (TPSA) is 9.23 Å². The van der Waals surface area contributed by atoms with Crippen LogP contribution in [-0.2, 0) is 0 Å². The average Bonchev–Trinajstić information content (AvgIpc) is 2.95. The van der Waals surface area contributed by atoms with Crippen LogP contribution < -0.4 is 9.92 Å². The summed E-state index contributed by atoms with van der Waals surface area (Å²) in [5.74, 6) is 1.75. The van der Waals surface area contributed by atoms with E-state index in [9.17, 15) is 0 Å². The Labute approximate surface area is 137 Å². The monoisotopic (exact) mass is 314 g/mol. The Morgan fingerprint density at radius 3 is 2.50 bits per heavy atom. The molecular formula is C20H30OSi. The van der Waals surface area contributed by atoms with E-state index < -0.39 is 8.07 Å². The summed E-state index contributed by atoms with van der Waals surface area (Å²) >= 11 is 0. The maximum absolute atomic E-state index is 5.79. The second-order valence-electron chi connectivity index (χ2n) is 7.14. The van der Waals surface area contributed by atoms with Gasteiger partial charge in [0.1, 0.15) is 13.8 Å². The maximum atomic E-state index is 5.79.